The van der Waals surface area contributed by atoms with Crippen LogP contribution >= 0.6 is 0 Å². The molecular formula is C19H27NO3S. The lowest BCUT2D eigenvalue weighted by Gasteiger charge is -2.31. The van der Waals surface area contributed by atoms with Crippen molar-refractivity contribution < 1.29 is 13.7 Å². The van der Waals surface area contributed by atoms with Crippen LogP contribution in [0.4, 0.5) is 0 Å². The quantitative estimate of drug-likeness (QED) is 0.741. The molecule has 132 valence electrons. The van der Waals surface area contributed by atoms with Gasteiger partial charge in [-0.1, -0.05) is 36.4 Å². The second kappa shape index (κ2) is 8.08. The highest BCUT2D eigenvalue weighted by Crippen LogP contribution is 2.29. The largest absolute Gasteiger partial charge is 0.463 e. The number of benzene rings is 1. The molecule has 1 aliphatic heterocycles. The average Bonchev–Trinajstić information content (AvgIpc) is 2.96. The molecule has 1 aromatic carbocycles. The second-order valence-electron chi connectivity index (χ2n) is 6.88. The molecule has 1 aliphatic rings. The van der Waals surface area contributed by atoms with E-state index in [4.69, 9.17) is 4.74 Å². The molecule has 0 saturated carbocycles. The topological polar surface area (TPSA) is 46.6 Å². The fourth-order valence-electron chi connectivity index (χ4n) is 2.82. The lowest BCUT2D eigenvalue weighted by Crippen LogP contribution is -2.43. The van der Waals surface area contributed by atoms with E-state index in [0.29, 0.717) is 18.7 Å². The summed E-state index contributed by atoms with van der Waals surface area (Å²) in [5.41, 5.74) is 1.86. The number of ether oxygens (including phenoxy) is 1. The van der Waals surface area contributed by atoms with Crippen LogP contribution in [0.1, 0.15) is 39.7 Å². The summed E-state index contributed by atoms with van der Waals surface area (Å²) in [7, 11) is -1.17. The molecule has 0 aromatic heterocycles. The van der Waals surface area contributed by atoms with E-state index in [9.17, 15) is 9.00 Å². The first kappa shape index (κ1) is 18.9. The molecule has 1 heterocycles. The molecule has 0 spiro atoms. The Bertz CT molecular complexity index is 619. The third-order valence-electron chi connectivity index (χ3n) is 4.00. The van der Waals surface area contributed by atoms with E-state index in [1.165, 1.54) is 5.56 Å². The molecule has 0 amide bonds. The molecule has 0 bridgehead atoms. The van der Waals surface area contributed by atoms with Gasteiger partial charge in [0.25, 0.3) is 0 Å². The van der Waals surface area contributed by atoms with Crippen molar-refractivity contribution in [3.8, 4) is 0 Å². The number of nitrogens with zero attached hydrogens (tertiary/aromatic N) is 1. The van der Waals surface area contributed by atoms with Crippen molar-refractivity contribution in [2.45, 2.75) is 51.3 Å². The molecule has 0 aliphatic carbocycles. The molecule has 2 atom stereocenters. The van der Waals surface area contributed by atoms with Crippen molar-refractivity contribution in [1.29, 1.82) is 0 Å². The summed E-state index contributed by atoms with van der Waals surface area (Å²) in [4.78, 5) is 12.3. The Hall–Kier alpha value is -1.46. The van der Waals surface area contributed by atoms with Crippen LogP contribution in [0.25, 0.3) is 0 Å². The Kier molecular flexibility index (Phi) is 6.35. The minimum Gasteiger partial charge on any atom is -0.463 e. The molecule has 0 radical (unpaired) electrons. The van der Waals surface area contributed by atoms with Gasteiger partial charge in [-0.2, -0.15) is 0 Å². The average molecular weight is 349 g/mol. The first-order valence-electron chi connectivity index (χ1n) is 8.44. The summed E-state index contributed by atoms with van der Waals surface area (Å²) >= 11 is 0. The molecule has 0 fully saturated rings. The zero-order valence-corrected chi connectivity index (χ0v) is 15.8. The van der Waals surface area contributed by atoms with Gasteiger partial charge in [0, 0.05) is 6.54 Å². The number of aryl methyl sites for hydroxylation is 1. The van der Waals surface area contributed by atoms with Crippen molar-refractivity contribution in [1.82, 2.24) is 4.31 Å². The van der Waals surface area contributed by atoms with Gasteiger partial charge in [0.1, 0.15) is 11.0 Å². The number of hydrogen-bond acceptors (Lipinski definition) is 3. The SMILES string of the molecule is CCOC(=O)C1=CCN(S(=O)C(C)(C)C)[C@@H]1CCc1ccccc1. The zero-order valence-electron chi connectivity index (χ0n) is 15.0. The molecule has 24 heavy (non-hydrogen) atoms. The molecule has 0 saturated heterocycles. The number of carbonyl (C=O) groups is 1. The van der Waals surface area contributed by atoms with E-state index >= 15 is 0 Å². The Morgan fingerprint density at radius 1 is 1.29 bits per heavy atom. The third-order valence-corrected chi connectivity index (χ3v) is 5.87. The Balaban J connectivity index is 2.17. The standard InChI is InChI=1S/C19H27NO3S/c1-5-23-18(21)16-13-14-20(24(22)19(2,3)4)17(16)12-11-15-9-7-6-8-10-15/h6-10,13,17H,5,11-12,14H2,1-4H3/t17-,24?/m1/s1. The number of carbonyl (C=O) groups excluding carboxylic acids is 1. The van der Waals surface area contributed by atoms with Crippen molar-refractivity contribution in [3.63, 3.8) is 0 Å². The molecular weight excluding hydrogens is 322 g/mol. The third kappa shape index (κ3) is 4.54. The van der Waals surface area contributed by atoms with Crippen LogP contribution in [-0.2, 0) is 26.9 Å². The van der Waals surface area contributed by atoms with Crippen molar-refractivity contribution in [2.24, 2.45) is 0 Å². The van der Waals surface area contributed by atoms with Gasteiger partial charge >= 0.3 is 5.97 Å². The van der Waals surface area contributed by atoms with Crippen LogP contribution in [-0.4, -0.2) is 38.4 Å². The number of hydrogen-bond donors (Lipinski definition) is 0. The molecule has 4 nitrogen and oxygen atoms in total. The fourth-order valence-corrected chi connectivity index (χ4v) is 4.19. The Morgan fingerprint density at radius 2 is 1.96 bits per heavy atom. The van der Waals surface area contributed by atoms with Crippen LogP contribution in [0, 0.1) is 0 Å². The second-order valence-corrected chi connectivity index (χ2v) is 9.07. The highest BCUT2D eigenvalue weighted by atomic mass is 32.2. The van der Waals surface area contributed by atoms with Gasteiger partial charge in [0.05, 0.1) is 23.0 Å². The van der Waals surface area contributed by atoms with E-state index in [2.05, 4.69) is 12.1 Å². The zero-order chi connectivity index (χ0) is 17.7. The smallest absolute Gasteiger partial charge is 0.335 e. The van der Waals surface area contributed by atoms with Crippen LogP contribution in [0.15, 0.2) is 42.0 Å². The Morgan fingerprint density at radius 3 is 2.54 bits per heavy atom. The van der Waals surface area contributed by atoms with E-state index in [1.54, 1.807) is 6.92 Å². The number of rotatable bonds is 6. The van der Waals surface area contributed by atoms with Crippen molar-refractivity contribution >= 4 is 17.0 Å². The highest BCUT2D eigenvalue weighted by Gasteiger charge is 2.38. The van der Waals surface area contributed by atoms with E-state index in [1.807, 2.05) is 49.4 Å². The fraction of sp³-hybridized carbons (Fsp3) is 0.526. The minimum absolute atomic E-state index is 0.163. The first-order valence-corrected chi connectivity index (χ1v) is 9.55. The van der Waals surface area contributed by atoms with E-state index in [-0.39, 0.29) is 16.8 Å². The normalized spacial score (nSPS) is 19.8. The van der Waals surface area contributed by atoms with Gasteiger partial charge in [-0.25, -0.2) is 13.3 Å². The number of esters is 1. The van der Waals surface area contributed by atoms with Crippen molar-refractivity contribution in [2.75, 3.05) is 13.2 Å². The van der Waals surface area contributed by atoms with Crippen LogP contribution in [0.3, 0.4) is 0 Å². The molecule has 2 rings (SSSR count). The summed E-state index contributed by atoms with van der Waals surface area (Å²) in [5, 5.41) is 0. The maximum atomic E-state index is 12.9. The van der Waals surface area contributed by atoms with Gasteiger partial charge in [-0.15, -0.1) is 0 Å². The van der Waals surface area contributed by atoms with Gasteiger partial charge in [-0.3, -0.25) is 0 Å². The lowest BCUT2D eigenvalue weighted by atomic mass is 10.0. The lowest BCUT2D eigenvalue weighted by molar-refractivity contribution is -0.138. The summed E-state index contributed by atoms with van der Waals surface area (Å²) in [5.74, 6) is -0.288. The Labute approximate surface area is 147 Å². The molecule has 1 unspecified atom stereocenters. The molecule has 1 aromatic rings. The predicted molar refractivity (Wildman–Crippen MR) is 97.9 cm³/mol. The van der Waals surface area contributed by atoms with E-state index < -0.39 is 11.0 Å². The maximum Gasteiger partial charge on any atom is 0.335 e. The predicted octanol–water partition coefficient (Wildman–Crippen LogP) is 3.26. The molecule has 0 N–H and O–H groups in total. The van der Waals surface area contributed by atoms with Crippen LogP contribution in [0.2, 0.25) is 0 Å². The summed E-state index contributed by atoms with van der Waals surface area (Å²) in [6.45, 7) is 8.55. The van der Waals surface area contributed by atoms with Crippen LogP contribution < -0.4 is 0 Å². The van der Waals surface area contributed by atoms with Crippen LogP contribution in [0.5, 0.6) is 0 Å². The van der Waals surface area contributed by atoms with Gasteiger partial charge in [-0.05, 0) is 46.1 Å². The van der Waals surface area contributed by atoms with Gasteiger partial charge < -0.3 is 4.74 Å². The minimum atomic E-state index is -1.17. The summed E-state index contributed by atoms with van der Waals surface area (Å²) in [6.07, 6.45) is 3.45. The first-order chi connectivity index (χ1) is 11.3. The monoisotopic (exact) mass is 349 g/mol. The molecule has 5 heteroatoms. The van der Waals surface area contributed by atoms with Gasteiger partial charge in [0.2, 0.25) is 0 Å². The summed E-state index contributed by atoms with van der Waals surface area (Å²) in [6, 6.07) is 10.0. The van der Waals surface area contributed by atoms with Gasteiger partial charge in [0.15, 0.2) is 0 Å². The van der Waals surface area contributed by atoms with E-state index in [0.717, 1.165) is 12.8 Å². The maximum absolute atomic E-state index is 12.9. The van der Waals surface area contributed by atoms with Crippen molar-refractivity contribution in [3.05, 3.63) is 47.5 Å². The highest BCUT2D eigenvalue weighted by molar-refractivity contribution is 7.84. The summed E-state index contributed by atoms with van der Waals surface area (Å²) < 4.78 is 19.6.